The molecule has 0 aromatic heterocycles. The summed E-state index contributed by atoms with van der Waals surface area (Å²) in [5, 5.41) is 76.2. The van der Waals surface area contributed by atoms with E-state index in [1.165, 1.54) is 38.5 Å². The molecular weight excluding hydrogens is 1400 g/mol. The van der Waals surface area contributed by atoms with E-state index in [9.17, 15) is 58.2 Å². The van der Waals surface area contributed by atoms with Crippen LogP contribution in [0.15, 0.2) is 75.9 Å². The molecule has 0 aliphatic heterocycles. The molecule has 0 heterocycles. The van der Waals surface area contributed by atoms with Gasteiger partial charge in [0.15, 0.2) is 29.6 Å². The predicted molar refractivity (Wildman–Crippen MR) is 383 cm³/mol. The Balaban J connectivity index is -0.0000000749. The summed E-state index contributed by atoms with van der Waals surface area (Å²) in [6.07, 6.45) is 4.10. The fraction of sp³-hybridized carbons (Fsp3) is 0.619. The van der Waals surface area contributed by atoms with E-state index in [-0.39, 0.29) is 120 Å². The van der Waals surface area contributed by atoms with Gasteiger partial charge < -0.3 is 111 Å². The maximum absolute atomic E-state index is 11.8. The smallest absolute Gasteiger partial charge is 1.00 e. The average molecular weight is 1520 g/mol. The van der Waals surface area contributed by atoms with Crippen molar-refractivity contribution in [3.8, 4) is 6.07 Å². The van der Waals surface area contributed by atoms with E-state index in [0.29, 0.717) is 32.0 Å². The average Bonchev–Trinajstić information content (AvgIpc) is 0.904. The Morgan fingerprint density at radius 3 is 1.08 bits per heavy atom. The standard InChI is InChI=1S/C12H22N2O4.C11H20N2O4.C11H18N2O3.C10H17NO4.C10H17NO3.C6H12N2O2.C2H7NO.CN.Al.ClH.K.Li.H2O2.4H/c1-7-8-9(10(15)14(5)17-6)13-11(16)18-12(2,3)4;1-5-6-7(8(14)9(12)15)13-10(16)17-11(2,3)4;1-5-6-8(9(14)7-12)13-10(15)16-11(2,3)4;1-5-6-7(8(12)13)11-9(14)15-10(2,3)4;1-5-6-8(7-12)11-9(13)14-10(2,3)4;1-2-3-4(7)5(9)6(8)10;1-3-4-2;1-2;;;;;1-2;;;;/h7,9H,1,8H2,2-6H3,(H,13,16);5,7-8,14H,1,6H2,2-4H3,(H2,12,15)(H,13,16);5,8-9,14H,1,6H2,2-4H3,(H,13,15);5,7H,1,6H2,2-4H3,(H,11,14)(H,12,13);5,7-8H,1,6H2,2-4H3,(H,11,13);2,4-5,9H,1,3,7H2,(H2,8,10);3H,1-2H3;;;1H;;;1-2H;;;;/q;;;;;;;-1;;;2*+1;;;;;-1. The van der Waals surface area contributed by atoms with Gasteiger partial charge in [0.05, 0.1) is 38.4 Å². The number of nitrogens with one attached hydrogen (secondary N) is 6. The minimum atomic E-state index is -1.47. The molecular formula is C63H120AlClKLiN12O23. The number of rotatable bonds is 27. The van der Waals surface area contributed by atoms with Crippen LogP contribution in [0.2, 0.25) is 0 Å². The van der Waals surface area contributed by atoms with Gasteiger partial charge in [0, 0.05) is 20.1 Å². The number of hydrogen-bond donors (Lipinski definition) is 15. The van der Waals surface area contributed by atoms with Gasteiger partial charge in [0.1, 0.15) is 52.5 Å². The number of aliphatic hydroxyl groups is 3. The van der Waals surface area contributed by atoms with Crippen molar-refractivity contribution >= 4 is 90.2 Å². The molecule has 0 rings (SSSR count). The van der Waals surface area contributed by atoms with Gasteiger partial charge in [-0.2, -0.15) is 5.26 Å². The van der Waals surface area contributed by atoms with E-state index < -0.39 is 131 Å². The monoisotopic (exact) mass is 1520 g/mol. The zero-order chi connectivity index (χ0) is 79.6. The summed E-state index contributed by atoms with van der Waals surface area (Å²) in [6.45, 7) is 51.5. The quantitative estimate of drug-likeness (QED) is 0.00636. The molecule has 9 unspecified atom stereocenters. The first-order valence-electron chi connectivity index (χ1n) is 29.4. The largest absolute Gasteiger partial charge is 1.00 e. The van der Waals surface area contributed by atoms with Gasteiger partial charge in [-0.05, 0) is 142 Å². The number of halogens is 1. The molecule has 0 aliphatic rings. The summed E-state index contributed by atoms with van der Waals surface area (Å²) in [5.74, 6) is -3.19. The molecule has 0 saturated carbocycles. The minimum Gasteiger partial charge on any atom is -1.00 e. The minimum absolute atomic E-state index is 0. The summed E-state index contributed by atoms with van der Waals surface area (Å²) in [4.78, 5) is 120. The first-order valence-corrected chi connectivity index (χ1v) is 29.4. The van der Waals surface area contributed by atoms with Crippen LogP contribution in [-0.2, 0) is 57.3 Å². The molecule has 9 atom stereocenters. The normalized spacial score (nSPS) is 12.5. The molecule has 102 heavy (non-hydrogen) atoms. The summed E-state index contributed by atoms with van der Waals surface area (Å²) in [5.41, 5.74) is 14.4. The molecule has 8 amide bonds. The first-order chi connectivity index (χ1) is 44.8. The van der Waals surface area contributed by atoms with E-state index in [4.69, 9.17) is 83.5 Å². The third kappa shape index (κ3) is 88.2. The van der Waals surface area contributed by atoms with Gasteiger partial charge >= 0.3 is 107 Å². The summed E-state index contributed by atoms with van der Waals surface area (Å²) < 4.78 is 25.0. The summed E-state index contributed by atoms with van der Waals surface area (Å²) >= 11 is 0. The third-order valence-electron chi connectivity index (χ3n) is 9.43. The number of primary amides is 2. The second kappa shape index (κ2) is 72.0. The molecule has 0 spiro atoms. The number of ether oxygens (including phenoxy) is 5. The molecule has 0 aromatic carbocycles. The van der Waals surface area contributed by atoms with Gasteiger partial charge in [-0.3, -0.25) is 29.7 Å². The number of carboxylic acid groups (broad SMARTS) is 1. The Labute approximate surface area is 675 Å². The van der Waals surface area contributed by atoms with Crippen LogP contribution in [0.5, 0.6) is 0 Å². The van der Waals surface area contributed by atoms with Gasteiger partial charge in [0.2, 0.25) is 11.8 Å². The van der Waals surface area contributed by atoms with Crippen molar-refractivity contribution in [1.29, 1.82) is 10.5 Å². The molecule has 0 radical (unpaired) electrons. The number of likely N-dealkylation sites (N-methyl/N-ethyl adjacent to an activating group) is 1. The Kier molecular flexibility index (Phi) is 88.8. The second-order valence-corrected chi connectivity index (χ2v) is 24.1. The van der Waals surface area contributed by atoms with Crippen LogP contribution >= 0.6 is 12.4 Å². The topological polar surface area (TPSA) is 558 Å². The van der Waals surface area contributed by atoms with Crippen LogP contribution in [0, 0.1) is 23.2 Å². The van der Waals surface area contributed by atoms with Crippen LogP contribution in [0.3, 0.4) is 0 Å². The van der Waals surface area contributed by atoms with Gasteiger partial charge in [0.25, 0.3) is 5.91 Å². The molecule has 0 fully saturated rings. The van der Waals surface area contributed by atoms with Crippen molar-refractivity contribution in [3.05, 3.63) is 82.5 Å². The number of nitrogens with two attached hydrogens (primary N) is 3. The molecule has 35 nitrogen and oxygen atoms in total. The predicted octanol–water partition coefficient (Wildman–Crippen LogP) is -1.71. The van der Waals surface area contributed by atoms with Crippen LogP contribution in [-0.4, -0.2) is 225 Å². The number of hydrogen-bond acceptors (Lipinski definition) is 26. The molecule has 0 aromatic rings. The fourth-order valence-electron chi connectivity index (χ4n) is 5.40. The molecule has 0 saturated heterocycles. The number of carboxylic acids is 1. The zero-order valence-electron chi connectivity index (χ0n) is 63.8. The Bertz CT molecular complexity index is 2450. The number of aldehydes is 1. The van der Waals surface area contributed by atoms with Crippen molar-refractivity contribution in [1.82, 2.24) is 37.1 Å². The second-order valence-electron chi connectivity index (χ2n) is 24.1. The maximum Gasteiger partial charge on any atom is 1.00 e. The molecule has 0 bridgehead atoms. The first kappa shape index (κ1) is 126. The van der Waals surface area contributed by atoms with Crippen LogP contribution in [0.4, 0.5) is 24.0 Å². The number of amides is 8. The van der Waals surface area contributed by atoms with E-state index in [2.05, 4.69) is 76.4 Å². The van der Waals surface area contributed by atoms with Crippen LogP contribution in [0.1, 0.15) is 144 Å². The molecule has 582 valence electrons. The van der Waals surface area contributed by atoms with Crippen molar-refractivity contribution in [2.24, 2.45) is 17.2 Å². The number of carbonyl (C=O) groups excluding carboxylic acids is 9. The van der Waals surface area contributed by atoms with Crippen molar-refractivity contribution in [2.45, 2.75) is 225 Å². The van der Waals surface area contributed by atoms with E-state index in [1.807, 2.05) is 0 Å². The number of nitrogens with zero attached hydrogens (tertiary/aromatic N) is 3. The fourth-order valence-corrected chi connectivity index (χ4v) is 5.40. The Hall–Kier alpha value is -5.98. The van der Waals surface area contributed by atoms with E-state index in [0.717, 1.165) is 5.06 Å². The van der Waals surface area contributed by atoms with E-state index in [1.54, 1.807) is 136 Å². The Morgan fingerprint density at radius 1 is 0.549 bits per heavy atom. The number of aliphatic carboxylic acids is 1. The van der Waals surface area contributed by atoms with Crippen LogP contribution < -0.4 is 120 Å². The van der Waals surface area contributed by atoms with Gasteiger partial charge in [-0.15, -0.1) is 51.9 Å². The number of hydroxylamine groups is 3. The third-order valence-corrected chi connectivity index (χ3v) is 9.43. The number of nitriles is 1. The van der Waals surface area contributed by atoms with Gasteiger partial charge in [-0.1, -0.05) is 36.5 Å². The maximum atomic E-state index is 11.8. The molecule has 18 N–H and O–H groups in total. The number of alkyl carbamates (subject to hydrolysis) is 5. The molecule has 39 heteroatoms. The van der Waals surface area contributed by atoms with E-state index >= 15 is 0 Å². The van der Waals surface area contributed by atoms with Crippen molar-refractivity contribution in [3.63, 3.8) is 0 Å². The summed E-state index contributed by atoms with van der Waals surface area (Å²) in [7, 11) is 6.12. The van der Waals surface area contributed by atoms with Crippen LogP contribution in [0.25, 0.3) is 0 Å². The Morgan fingerprint density at radius 2 is 0.824 bits per heavy atom. The molecule has 0 aliphatic carbocycles. The van der Waals surface area contributed by atoms with Crippen molar-refractivity contribution < 1.29 is 184 Å². The summed E-state index contributed by atoms with van der Waals surface area (Å²) in [6, 6.07) is -2.79. The van der Waals surface area contributed by atoms with Crippen molar-refractivity contribution in [2.75, 3.05) is 28.3 Å². The SMILES string of the molecule is C=CCC(C=O)NC(=O)OC(C)(C)C.C=CCC(N)C(O)C(N)=O.C=CCC(NC(=O)OC(C)(C)C)C(=O)N(C)OC.C=CCC(NC(=O)OC(C)(C)C)C(=O)O.C=CCC(NC(=O)OC(C)(C)C)C(O)C#N.C=CCC(NC(=O)OC(C)(C)C)C(O)C(N)=O.CNOC.Cl.OO.[AlH3].[C-]#N.[H-].[K+].[Li+]. The number of carbonyl (C=O) groups is 10. The number of aliphatic hydroxyl groups excluding tert-OH is 3. The van der Waals surface area contributed by atoms with Gasteiger partial charge in [-0.25, -0.2) is 39.3 Å². The zero-order valence-corrected chi connectivity index (χ0v) is 66.8.